The van der Waals surface area contributed by atoms with Gasteiger partial charge in [-0.15, -0.1) is 0 Å². The predicted octanol–water partition coefficient (Wildman–Crippen LogP) is 6.23. The SMILES string of the molecule is Cc1cccc(Cl)c1-c1nccn1-c1ccc(-c2cccc(S(C)(=O)=O)c2)cc1Cl. The molecule has 0 saturated heterocycles. The average molecular weight is 457 g/mol. The van der Waals surface area contributed by atoms with Crippen LogP contribution in [-0.2, 0) is 9.84 Å². The maximum atomic E-state index is 11.9. The number of aryl methyl sites for hydroxylation is 1. The molecule has 0 N–H and O–H groups in total. The van der Waals surface area contributed by atoms with Crippen molar-refractivity contribution in [1.82, 2.24) is 9.55 Å². The number of benzene rings is 3. The summed E-state index contributed by atoms with van der Waals surface area (Å²) in [4.78, 5) is 4.77. The lowest BCUT2D eigenvalue weighted by atomic mass is 10.0. The Kier molecular flexibility index (Phi) is 5.45. The third kappa shape index (κ3) is 3.88. The Morgan fingerprint density at radius 3 is 2.33 bits per heavy atom. The van der Waals surface area contributed by atoms with E-state index in [0.717, 1.165) is 27.9 Å². The number of rotatable bonds is 4. The highest BCUT2D eigenvalue weighted by atomic mass is 35.5. The number of sulfone groups is 1. The van der Waals surface area contributed by atoms with Crippen LogP contribution >= 0.6 is 23.2 Å². The minimum absolute atomic E-state index is 0.270. The fourth-order valence-corrected chi connectivity index (χ4v) is 4.63. The summed E-state index contributed by atoms with van der Waals surface area (Å²) >= 11 is 13.1. The number of aromatic nitrogens is 2. The van der Waals surface area contributed by atoms with Gasteiger partial charge in [0.2, 0.25) is 0 Å². The summed E-state index contributed by atoms with van der Waals surface area (Å²) in [6.07, 6.45) is 4.74. The molecule has 1 heterocycles. The van der Waals surface area contributed by atoms with Crippen LogP contribution in [0.4, 0.5) is 0 Å². The summed E-state index contributed by atoms with van der Waals surface area (Å²) in [6, 6.07) is 18.2. The number of imidazole rings is 1. The van der Waals surface area contributed by atoms with Gasteiger partial charge in [0.25, 0.3) is 0 Å². The Bertz CT molecular complexity index is 1340. The lowest BCUT2D eigenvalue weighted by molar-refractivity contribution is 0.602. The molecule has 0 saturated carbocycles. The largest absolute Gasteiger partial charge is 0.298 e. The first-order valence-corrected chi connectivity index (χ1v) is 11.8. The summed E-state index contributed by atoms with van der Waals surface area (Å²) in [6.45, 7) is 1.99. The van der Waals surface area contributed by atoms with Gasteiger partial charge in [0.15, 0.2) is 9.84 Å². The van der Waals surface area contributed by atoms with E-state index in [1.54, 1.807) is 24.4 Å². The number of halogens is 2. The van der Waals surface area contributed by atoms with E-state index >= 15 is 0 Å². The van der Waals surface area contributed by atoms with Crippen molar-refractivity contribution in [2.24, 2.45) is 0 Å². The first-order chi connectivity index (χ1) is 14.3. The van der Waals surface area contributed by atoms with Crippen molar-refractivity contribution in [2.45, 2.75) is 11.8 Å². The van der Waals surface area contributed by atoms with Crippen LogP contribution in [0.25, 0.3) is 28.2 Å². The molecule has 4 rings (SSSR count). The molecule has 0 atom stereocenters. The Labute approximate surface area is 185 Å². The van der Waals surface area contributed by atoms with Gasteiger partial charge in [-0.2, -0.15) is 0 Å². The van der Waals surface area contributed by atoms with Crippen LogP contribution in [0, 0.1) is 6.92 Å². The predicted molar refractivity (Wildman–Crippen MR) is 122 cm³/mol. The Hall–Kier alpha value is -2.60. The van der Waals surface area contributed by atoms with Crippen molar-refractivity contribution < 1.29 is 8.42 Å². The van der Waals surface area contributed by atoms with E-state index in [1.165, 1.54) is 6.26 Å². The average Bonchev–Trinajstić information content (AvgIpc) is 3.16. The van der Waals surface area contributed by atoms with E-state index in [-0.39, 0.29) is 4.90 Å². The Morgan fingerprint density at radius 2 is 1.63 bits per heavy atom. The Morgan fingerprint density at radius 1 is 0.900 bits per heavy atom. The molecule has 0 aliphatic heterocycles. The second kappa shape index (κ2) is 7.91. The molecule has 1 aromatic heterocycles. The highest BCUT2D eigenvalue weighted by Gasteiger charge is 2.16. The third-order valence-electron chi connectivity index (χ3n) is 4.89. The van der Waals surface area contributed by atoms with E-state index in [4.69, 9.17) is 23.2 Å². The van der Waals surface area contributed by atoms with Gasteiger partial charge in [-0.05, 0) is 53.9 Å². The molecule has 30 heavy (non-hydrogen) atoms. The van der Waals surface area contributed by atoms with Gasteiger partial charge in [-0.25, -0.2) is 13.4 Å². The minimum Gasteiger partial charge on any atom is -0.298 e. The molecule has 152 valence electrons. The summed E-state index contributed by atoms with van der Waals surface area (Å²) in [5.74, 6) is 0.701. The summed E-state index contributed by atoms with van der Waals surface area (Å²) < 4.78 is 25.6. The summed E-state index contributed by atoms with van der Waals surface area (Å²) in [5, 5.41) is 1.13. The van der Waals surface area contributed by atoms with E-state index in [2.05, 4.69) is 4.98 Å². The maximum Gasteiger partial charge on any atom is 0.175 e. The van der Waals surface area contributed by atoms with Gasteiger partial charge in [-0.3, -0.25) is 4.57 Å². The number of hydrogen-bond donors (Lipinski definition) is 0. The number of hydrogen-bond acceptors (Lipinski definition) is 3. The van der Waals surface area contributed by atoms with Crippen LogP contribution in [0.1, 0.15) is 5.56 Å². The smallest absolute Gasteiger partial charge is 0.175 e. The van der Waals surface area contributed by atoms with E-state index < -0.39 is 9.84 Å². The van der Waals surface area contributed by atoms with Gasteiger partial charge < -0.3 is 0 Å². The van der Waals surface area contributed by atoms with Gasteiger partial charge in [0, 0.05) is 24.2 Å². The lowest BCUT2D eigenvalue weighted by Gasteiger charge is -2.14. The molecular formula is C23H18Cl2N2O2S. The minimum atomic E-state index is -3.29. The van der Waals surface area contributed by atoms with Crippen LogP contribution in [0.3, 0.4) is 0 Å². The monoisotopic (exact) mass is 456 g/mol. The molecule has 3 aromatic carbocycles. The van der Waals surface area contributed by atoms with E-state index in [0.29, 0.717) is 15.9 Å². The number of nitrogens with zero attached hydrogens (tertiary/aromatic N) is 2. The molecule has 7 heteroatoms. The normalized spacial score (nSPS) is 11.6. The van der Waals surface area contributed by atoms with Crippen molar-refractivity contribution in [3.63, 3.8) is 0 Å². The first-order valence-electron chi connectivity index (χ1n) is 9.15. The van der Waals surface area contributed by atoms with E-state index in [1.807, 2.05) is 60.2 Å². The molecule has 4 aromatic rings. The van der Waals surface area contributed by atoms with Crippen LogP contribution in [0.2, 0.25) is 10.0 Å². The summed E-state index contributed by atoms with van der Waals surface area (Å²) in [7, 11) is -3.29. The van der Waals surface area contributed by atoms with Crippen molar-refractivity contribution >= 4 is 33.0 Å². The Balaban J connectivity index is 1.79. The molecular weight excluding hydrogens is 439 g/mol. The molecule has 4 nitrogen and oxygen atoms in total. The molecule has 0 bridgehead atoms. The zero-order valence-corrected chi connectivity index (χ0v) is 18.6. The molecule has 0 radical (unpaired) electrons. The highest BCUT2D eigenvalue weighted by molar-refractivity contribution is 7.90. The van der Waals surface area contributed by atoms with Crippen LogP contribution in [0.5, 0.6) is 0 Å². The lowest BCUT2D eigenvalue weighted by Crippen LogP contribution is -2.00. The van der Waals surface area contributed by atoms with Crippen molar-refractivity contribution in [2.75, 3.05) is 6.26 Å². The van der Waals surface area contributed by atoms with Crippen molar-refractivity contribution in [3.05, 3.63) is 88.7 Å². The molecule has 0 spiro atoms. The fourth-order valence-electron chi connectivity index (χ4n) is 3.39. The van der Waals surface area contributed by atoms with Gasteiger partial charge in [0.1, 0.15) is 5.82 Å². The first kappa shape index (κ1) is 20.7. The standard InChI is InChI=1S/C23H18Cl2N2O2S/c1-15-5-3-8-19(24)22(15)23-26-11-12-27(23)21-10-9-17(14-20(21)25)16-6-4-7-18(13-16)30(2,28)29/h3-14H,1-2H3. The molecule has 0 amide bonds. The molecule has 0 fully saturated rings. The highest BCUT2D eigenvalue weighted by Crippen LogP contribution is 2.34. The van der Waals surface area contributed by atoms with E-state index in [9.17, 15) is 8.42 Å². The van der Waals surface area contributed by atoms with Crippen LogP contribution in [-0.4, -0.2) is 24.2 Å². The second-order valence-corrected chi connectivity index (χ2v) is 9.85. The second-order valence-electron chi connectivity index (χ2n) is 7.02. The molecule has 0 unspecified atom stereocenters. The zero-order chi connectivity index (χ0) is 21.5. The molecule has 0 aliphatic rings. The quantitative estimate of drug-likeness (QED) is 0.365. The van der Waals surface area contributed by atoms with Crippen molar-refractivity contribution in [1.29, 1.82) is 0 Å². The zero-order valence-electron chi connectivity index (χ0n) is 16.3. The van der Waals surface area contributed by atoms with Gasteiger partial charge in [-0.1, -0.05) is 53.5 Å². The van der Waals surface area contributed by atoms with Crippen molar-refractivity contribution in [3.8, 4) is 28.2 Å². The van der Waals surface area contributed by atoms with Crippen LogP contribution < -0.4 is 0 Å². The fraction of sp³-hybridized carbons (Fsp3) is 0.0870. The van der Waals surface area contributed by atoms with Crippen LogP contribution in [0.15, 0.2) is 78.0 Å². The third-order valence-corrected chi connectivity index (χ3v) is 6.62. The maximum absolute atomic E-state index is 11.9. The van der Waals surface area contributed by atoms with Gasteiger partial charge >= 0.3 is 0 Å². The van der Waals surface area contributed by atoms with Gasteiger partial charge in [0.05, 0.1) is 20.6 Å². The molecule has 0 aliphatic carbocycles. The topological polar surface area (TPSA) is 52.0 Å². The summed E-state index contributed by atoms with van der Waals surface area (Å²) in [5.41, 5.74) is 4.22.